The molecule has 7 nitrogen and oxygen atoms in total. The lowest BCUT2D eigenvalue weighted by Gasteiger charge is -2.24. The Kier molecular flexibility index (Phi) is 10.4. The zero-order valence-corrected chi connectivity index (χ0v) is 17.3. The molecule has 1 aromatic rings. The molecule has 25 heavy (non-hydrogen) atoms. The molecular formula is C17H29IN6O. The number of hydrogen-bond donors (Lipinski definition) is 3. The smallest absolute Gasteiger partial charge is 0.252 e. The minimum absolute atomic E-state index is 0. The van der Waals surface area contributed by atoms with Gasteiger partial charge in [-0.25, -0.2) is 0 Å². The number of rotatable bonds is 7. The number of aliphatic imine (C=N–C) groups is 1. The molecule has 0 radical (unpaired) electrons. The number of nitrogens with one attached hydrogen (secondary N) is 3. The molecule has 1 fully saturated rings. The molecule has 140 valence electrons. The van der Waals surface area contributed by atoms with E-state index in [2.05, 4.69) is 37.8 Å². The summed E-state index contributed by atoms with van der Waals surface area (Å²) in [4.78, 5) is 22.6. The number of halogens is 1. The lowest BCUT2D eigenvalue weighted by molar-refractivity contribution is 0.0954. The van der Waals surface area contributed by atoms with Gasteiger partial charge in [0.1, 0.15) is 0 Å². The van der Waals surface area contributed by atoms with Crippen molar-refractivity contribution in [3.05, 3.63) is 30.1 Å². The standard InChI is InChI=1S/C17H28N6O.HI/c1-3-23-11-5-7-15(23)13-22-17(18-2)21-10-9-20-16(24)14-6-4-8-19-12-14;/h4,6,8,12,15H,3,5,7,9-11,13H2,1-2H3,(H,20,24)(H2,18,21,22);1H. The van der Waals surface area contributed by atoms with E-state index in [0.717, 1.165) is 19.0 Å². The largest absolute Gasteiger partial charge is 0.355 e. The highest BCUT2D eigenvalue weighted by atomic mass is 127. The number of nitrogens with zero attached hydrogens (tertiary/aromatic N) is 3. The molecule has 1 aliphatic heterocycles. The topological polar surface area (TPSA) is 81.6 Å². The van der Waals surface area contributed by atoms with Crippen LogP contribution in [-0.4, -0.2) is 67.6 Å². The third kappa shape index (κ3) is 7.15. The minimum atomic E-state index is -0.114. The minimum Gasteiger partial charge on any atom is -0.355 e. The molecule has 0 spiro atoms. The summed E-state index contributed by atoms with van der Waals surface area (Å²) in [5, 5.41) is 9.45. The second kappa shape index (κ2) is 12.0. The molecule has 2 heterocycles. The van der Waals surface area contributed by atoms with E-state index in [4.69, 9.17) is 0 Å². The Morgan fingerprint density at radius 3 is 2.84 bits per heavy atom. The van der Waals surface area contributed by atoms with Crippen LogP contribution in [0.3, 0.4) is 0 Å². The molecule has 3 N–H and O–H groups in total. The molecule has 0 aliphatic carbocycles. The molecule has 1 aliphatic rings. The molecule has 0 aromatic carbocycles. The Morgan fingerprint density at radius 1 is 1.36 bits per heavy atom. The number of carbonyl (C=O) groups is 1. The van der Waals surface area contributed by atoms with Crippen LogP contribution in [0.25, 0.3) is 0 Å². The van der Waals surface area contributed by atoms with Crippen molar-refractivity contribution < 1.29 is 4.79 Å². The number of pyridine rings is 1. The van der Waals surface area contributed by atoms with E-state index in [0.29, 0.717) is 24.7 Å². The number of guanidine groups is 1. The van der Waals surface area contributed by atoms with Crippen LogP contribution in [0.4, 0.5) is 0 Å². The van der Waals surface area contributed by atoms with Crippen LogP contribution in [-0.2, 0) is 0 Å². The highest BCUT2D eigenvalue weighted by Crippen LogP contribution is 2.15. The van der Waals surface area contributed by atoms with Crippen LogP contribution in [0.1, 0.15) is 30.1 Å². The first-order valence-corrected chi connectivity index (χ1v) is 8.61. The monoisotopic (exact) mass is 460 g/mol. The first-order valence-electron chi connectivity index (χ1n) is 8.61. The molecule has 1 saturated heterocycles. The fraction of sp³-hybridized carbons (Fsp3) is 0.588. The Labute approximate surface area is 167 Å². The number of hydrogen-bond acceptors (Lipinski definition) is 4. The van der Waals surface area contributed by atoms with Gasteiger partial charge in [-0.2, -0.15) is 0 Å². The second-order valence-corrected chi connectivity index (χ2v) is 5.80. The molecule has 1 amide bonds. The summed E-state index contributed by atoms with van der Waals surface area (Å²) in [6.07, 6.45) is 5.72. The van der Waals surface area contributed by atoms with Crippen LogP contribution in [0.5, 0.6) is 0 Å². The van der Waals surface area contributed by atoms with E-state index in [1.165, 1.54) is 19.4 Å². The molecule has 8 heteroatoms. The number of aromatic nitrogens is 1. The van der Waals surface area contributed by atoms with Gasteiger partial charge in [-0.15, -0.1) is 24.0 Å². The van der Waals surface area contributed by atoms with Gasteiger partial charge in [0.25, 0.3) is 5.91 Å². The maximum absolute atomic E-state index is 11.9. The SMILES string of the molecule is CCN1CCCC1CNC(=NC)NCCNC(=O)c1cccnc1.I. The van der Waals surface area contributed by atoms with E-state index in [1.54, 1.807) is 31.6 Å². The summed E-state index contributed by atoms with van der Waals surface area (Å²) >= 11 is 0. The highest BCUT2D eigenvalue weighted by Gasteiger charge is 2.22. The van der Waals surface area contributed by atoms with Crippen molar-refractivity contribution in [3.63, 3.8) is 0 Å². The van der Waals surface area contributed by atoms with E-state index < -0.39 is 0 Å². The van der Waals surface area contributed by atoms with Gasteiger partial charge in [0.15, 0.2) is 5.96 Å². The predicted molar refractivity (Wildman–Crippen MR) is 112 cm³/mol. The summed E-state index contributed by atoms with van der Waals surface area (Å²) in [6, 6.07) is 4.08. The molecular weight excluding hydrogens is 431 g/mol. The quantitative estimate of drug-likeness (QED) is 0.246. The van der Waals surface area contributed by atoms with Crippen molar-refractivity contribution in [1.29, 1.82) is 0 Å². The maximum atomic E-state index is 11.9. The Hall–Kier alpha value is -1.42. The molecule has 2 rings (SSSR count). The summed E-state index contributed by atoms with van der Waals surface area (Å²) in [6.45, 7) is 6.53. The van der Waals surface area contributed by atoms with Crippen molar-refractivity contribution in [2.45, 2.75) is 25.8 Å². The van der Waals surface area contributed by atoms with Gasteiger partial charge in [-0.1, -0.05) is 6.92 Å². The summed E-state index contributed by atoms with van der Waals surface area (Å²) in [5.74, 6) is 0.658. The fourth-order valence-electron chi connectivity index (χ4n) is 2.93. The zero-order valence-electron chi connectivity index (χ0n) is 15.0. The van der Waals surface area contributed by atoms with Gasteiger partial charge in [0.2, 0.25) is 0 Å². The lowest BCUT2D eigenvalue weighted by Crippen LogP contribution is -2.46. The van der Waals surface area contributed by atoms with E-state index in [9.17, 15) is 4.79 Å². The summed E-state index contributed by atoms with van der Waals surface area (Å²) in [7, 11) is 1.76. The highest BCUT2D eigenvalue weighted by molar-refractivity contribution is 14.0. The fourth-order valence-corrected chi connectivity index (χ4v) is 2.93. The number of carbonyl (C=O) groups excluding carboxylic acids is 1. The first-order chi connectivity index (χ1) is 11.7. The maximum Gasteiger partial charge on any atom is 0.252 e. The van der Waals surface area contributed by atoms with Crippen LogP contribution in [0.2, 0.25) is 0 Å². The summed E-state index contributed by atoms with van der Waals surface area (Å²) < 4.78 is 0. The van der Waals surface area contributed by atoms with Crippen molar-refractivity contribution in [2.24, 2.45) is 4.99 Å². The Morgan fingerprint density at radius 2 is 2.16 bits per heavy atom. The van der Waals surface area contributed by atoms with Gasteiger partial charge >= 0.3 is 0 Å². The number of likely N-dealkylation sites (tertiary alicyclic amines) is 1. The number of amides is 1. The zero-order chi connectivity index (χ0) is 17.2. The molecule has 1 atom stereocenters. The van der Waals surface area contributed by atoms with Gasteiger partial charge in [0, 0.05) is 45.1 Å². The molecule has 0 saturated carbocycles. The molecule has 1 aromatic heterocycles. The first kappa shape index (κ1) is 21.6. The van der Waals surface area contributed by atoms with Gasteiger partial charge in [-0.3, -0.25) is 19.7 Å². The number of likely N-dealkylation sites (N-methyl/N-ethyl adjacent to an activating group) is 1. The van der Waals surface area contributed by atoms with Gasteiger partial charge in [-0.05, 0) is 38.1 Å². The van der Waals surface area contributed by atoms with Crippen LogP contribution in [0, 0.1) is 0 Å². The molecule has 0 bridgehead atoms. The van der Waals surface area contributed by atoms with E-state index in [1.807, 2.05) is 0 Å². The Bertz CT molecular complexity index is 539. The molecule has 1 unspecified atom stereocenters. The van der Waals surface area contributed by atoms with Crippen molar-refractivity contribution in [1.82, 2.24) is 25.8 Å². The normalized spacial score (nSPS) is 17.7. The second-order valence-electron chi connectivity index (χ2n) is 5.80. The lowest BCUT2D eigenvalue weighted by atomic mass is 10.2. The van der Waals surface area contributed by atoms with Crippen molar-refractivity contribution in [3.8, 4) is 0 Å². The average molecular weight is 460 g/mol. The van der Waals surface area contributed by atoms with Crippen molar-refractivity contribution in [2.75, 3.05) is 39.8 Å². The van der Waals surface area contributed by atoms with E-state index in [-0.39, 0.29) is 29.9 Å². The van der Waals surface area contributed by atoms with E-state index >= 15 is 0 Å². The third-order valence-electron chi connectivity index (χ3n) is 4.26. The van der Waals surface area contributed by atoms with Crippen molar-refractivity contribution >= 4 is 35.8 Å². The van der Waals surface area contributed by atoms with Crippen LogP contribution < -0.4 is 16.0 Å². The summed E-state index contributed by atoms with van der Waals surface area (Å²) in [5.41, 5.74) is 0.570. The Balaban J connectivity index is 0.00000312. The van der Waals surface area contributed by atoms with Crippen LogP contribution >= 0.6 is 24.0 Å². The van der Waals surface area contributed by atoms with Gasteiger partial charge in [0.05, 0.1) is 5.56 Å². The van der Waals surface area contributed by atoms with Crippen LogP contribution in [0.15, 0.2) is 29.5 Å². The predicted octanol–water partition coefficient (Wildman–Crippen LogP) is 1.08. The average Bonchev–Trinajstić information content (AvgIpc) is 3.09. The van der Waals surface area contributed by atoms with Gasteiger partial charge < -0.3 is 16.0 Å². The third-order valence-corrected chi connectivity index (χ3v) is 4.26.